The second kappa shape index (κ2) is 9.29. The molecule has 0 fully saturated rings. The van der Waals surface area contributed by atoms with E-state index in [9.17, 15) is 21.6 Å². The highest BCUT2D eigenvalue weighted by molar-refractivity contribution is 7.89. The highest BCUT2D eigenvalue weighted by atomic mass is 32.2. The van der Waals surface area contributed by atoms with E-state index in [0.29, 0.717) is 41.5 Å². The number of nitrogens with one attached hydrogen (secondary N) is 1. The second-order valence-electron chi connectivity index (χ2n) is 7.81. The van der Waals surface area contributed by atoms with E-state index in [-0.39, 0.29) is 9.79 Å². The van der Waals surface area contributed by atoms with Crippen LogP contribution >= 0.6 is 0 Å². The van der Waals surface area contributed by atoms with Gasteiger partial charge in [0.15, 0.2) is 11.5 Å². The van der Waals surface area contributed by atoms with E-state index < -0.39 is 32.5 Å². The smallest absolute Gasteiger partial charge is 0.243 e. The Labute approximate surface area is 194 Å². The average molecular weight is 498 g/mol. The molecule has 0 saturated carbocycles. The molecular formula is C21H27N3O7S2. The van der Waals surface area contributed by atoms with Crippen molar-refractivity contribution in [2.24, 2.45) is 0 Å². The minimum atomic E-state index is -3.99. The van der Waals surface area contributed by atoms with Gasteiger partial charge in [-0.3, -0.25) is 4.79 Å². The van der Waals surface area contributed by atoms with Crippen LogP contribution in [0.25, 0.3) is 0 Å². The standard InChI is InChI=1S/C21H27N3O7S2/c1-14-10-17(32(26,27)23(3)4)11-18(15(14)2)22-21(25)13-24(5)33(28,29)16-6-7-19-20(12-16)31-9-8-30-19/h6-7,10-12H,8-9,13H2,1-5H3,(H,22,25). The Bertz CT molecular complexity index is 1290. The van der Waals surface area contributed by atoms with Gasteiger partial charge in [-0.1, -0.05) is 0 Å². The van der Waals surface area contributed by atoms with Crippen molar-refractivity contribution < 1.29 is 31.1 Å². The van der Waals surface area contributed by atoms with Gasteiger partial charge in [-0.2, -0.15) is 4.31 Å². The lowest BCUT2D eigenvalue weighted by molar-refractivity contribution is -0.116. The molecule has 12 heteroatoms. The Balaban J connectivity index is 1.80. The first-order chi connectivity index (χ1) is 15.3. The van der Waals surface area contributed by atoms with Crippen molar-refractivity contribution in [3.63, 3.8) is 0 Å². The van der Waals surface area contributed by atoms with Crippen molar-refractivity contribution in [3.05, 3.63) is 41.5 Å². The number of hydrogen-bond acceptors (Lipinski definition) is 7. The molecule has 2 aromatic carbocycles. The molecule has 0 radical (unpaired) electrons. The largest absolute Gasteiger partial charge is 0.486 e. The van der Waals surface area contributed by atoms with E-state index in [4.69, 9.17) is 9.47 Å². The molecule has 0 bridgehead atoms. The van der Waals surface area contributed by atoms with Crippen LogP contribution in [0.15, 0.2) is 40.1 Å². The van der Waals surface area contributed by atoms with Crippen molar-refractivity contribution in [3.8, 4) is 11.5 Å². The minimum absolute atomic E-state index is 0.0307. The van der Waals surface area contributed by atoms with E-state index in [1.807, 2.05) is 0 Å². The van der Waals surface area contributed by atoms with E-state index in [1.165, 1.54) is 51.5 Å². The van der Waals surface area contributed by atoms with E-state index >= 15 is 0 Å². The Hall–Kier alpha value is -2.67. The molecule has 0 aromatic heterocycles. The van der Waals surface area contributed by atoms with E-state index in [0.717, 1.165) is 8.61 Å². The quantitative estimate of drug-likeness (QED) is 0.616. The van der Waals surface area contributed by atoms with Crippen LogP contribution in [0.4, 0.5) is 5.69 Å². The molecule has 0 spiro atoms. The van der Waals surface area contributed by atoms with Gasteiger partial charge in [-0.25, -0.2) is 21.1 Å². The lowest BCUT2D eigenvalue weighted by Gasteiger charge is -2.21. The fraction of sp³-hybridized carbons (Fsp3) is 0.381. The Kier molecular flexibility index (Phi) is 7.03. The number of nitrogens with zero attached hydrogens (tertiary/aromatic N) is 2. The number of amides is 1. The average Bonchev–Trinajstić information content (AvgIpc) is 2.76. The Morgan fingerprint density at radius 2 is 1.55 bits per heavy atom. The molecule has 1 aliphatic rings. The van der Waals surface area contributed by atoms with Crippen LogP contribution in [0, 0.1) is 13.8 Å². The summed E-state index contributed by atoms with van der Waals surface area (Å²) >= 11 is 0. The van der Waals surface area contributed by atoms with Gasteiger partial charge in [0, 0.05) is 32.9 Å². The van der Waals surface area contributed by atoms with Crippen LogP contribution in [0.1, 0.15) is 11.1 Å². The maximum Gasteiger partial charge on any atom is 0.243 e. The number of hydrogen-bond donors (Lipinski definition) is 1. The van der Waals surface area contributed by atoms with Gasteiger partial charge in [0.1, 0.15) is 13.2 Å². The first-order valence-electron chi connectivity index (χ1n) is 10.0. The third-order valence-corrected chi connectivity index (χ3v) is 8.87. The predicted octanol–water partition coefficient (Wildman–Crippen LogP) is 1.58. The van der Waals surface area contributed by atoms with Crippen molar-refractivity contribution in [2.75, 3.05) is 46.2 Å². The molecule has 33 heavy (non-hydrogen) atoms. The summed E-state index contributed by atoms with van der Waals surface area (Å²) in [7, 11) is -3.57. The number of aryl methyl sites for hydroxylation is 1. The van der Waals surface area contributed by atoms with Crippen LogP contribution in [0.3, 0.4) is 0 Å². The van der Waals surface area contributed by atoms with Crippen LogP contribution in [0.5, 0.6) is 11.5 Å². The summed E-state index contributed by atoms with van der Waals surface area (Å²) in [6, 6.07) is 7.16. The summed E-state index contributed by atoms with van der Waals surface area (Å²) in [4.78, 5) is 12.7. The predicted molar refractivity (Wildman–Crippen MR) is 123 cm³/mol. The first-order valence-corrected chi connectivity index (χ1v) is 12.9. The van der Waals surface area contributed by atoms with Crippen LogP contribution in [-0.4, -0.2) is 72.3 Å². The minimum Gasteiger partial charge on any atom is -0.486 e. The number of fused-ring (bicyclic) bond motifs is 1. The summed E-state index contributed by atoms with van der Waals surface area (Å²) in [6.07, 6.45) is 0. The molecule has 0 aliphatic carbocycles. The number of anilines is 1. The van der Waals surface area contributed by atoms with Crippen molar-refractivity contribution in [2.45, 2.75) is 23.6 Å². The molecule has 0 saturated heterocycles. The molecule has 2 aromatic rings. The third kappa shape index (κ3) is 5.13. The number of carbonyl (C=O) groups excluding carboxylic acids is 1. The number of benzene rings is 2. The van der Waals surface area contributed by atoms with Gasteiger partial charge in [0.25, 0.3) is 0 Å². The topological polar surface area (TPSA) is 122 Å². The van der Waals surface area contributed by atoms with Crippen LogP contribution in [-0.2, 0) is 24.8 Å². The van der Waals surface area contributed by atoms with Gasteiger partial charge in [-0.05, 0) is 49.2 Å². The Morgan fingerprint density at radius 3 is 2.18 bits per heavy atom. The maximum atomic E-state index is 13.0. The van der Waals surface area contributed by atoms with Crippen LogP contribution in [0.2, 0.25) is 0 Å². The molecular weight excluding hydrogens is 470 g/mol. The highest BCUT2D eigenvalue weighted by Gasteiger charge is 2.26. The fourth-order valence-electron chi connectivity index (χ4n) is 3.16. The zero-order valence-electron chi connectivity index (χ0n) is 19.1. The first kappa shape index (κ1) is 25.0. The number of likely N-dealkylation sites (N-methyl/N-ethyl adjacent to an activating group) is 1. The zero-order chi connectivity index (χ0) is 24.6. The molecule has 1 N–H and O–H groups in total. The monoisotopic (exact) mass is 497 g/mol. The molecule has 10 nitrogen and oxygen atoms in total. The Morgan fingerprint density at radius 1 is 0.909 bits per heavy atom. The maximum absolute atomic E-state index is 13.0. The summed E-state index contributed by atoms with van der Waals surface area (Å²) in [5.41, 5.74) is 1.65. The third-order valence-electron chi connectivity index (χ3n) is 5.28. The normalized spacial score (nSPS) is 13.9. The van der Waals surface area contributed by atoms with Crippen molar-refractivity contribution in [1.29, 1.82) is 0 Å². The molecule has 0 atom stereocenters. The van der Waals surface area contributed by atoms with Gasteiger partial charge >= 0.3 is 0 Å². The molecule has 0 unspecified atom stereocenters. The summed E-state index contributed by atoms with van der Waals surface area (Å²) in [5, 5.41) is 2.63. The zero-order valence-corrected chi connectivity index (χ0v) is 20.7. The second-order valence-corrected chi connectivity index (χ2v) is 12.0. The SMILES string of the molecule is Cc1cc(S(=O)(=O)N(C)C)cc(NC(=O)CN(C)S(=O)(=O)c2ccc3c(c2)OCCO3)c1C. The van der Waals surface area contributed by atoms with E-state index in [1.54, 1.807) is 13.8 Å². The van der Waals surface area contributed by atoms with Crippen LogP contribution < -0.4 is 14.8 Å². The number of carbonyl (C=O) groups is 1. The van der Waals surface area contributed by atoms with Gasteiger partial charge in [0.2, 0.25) is 26.0 Å². The van der Waals surface area contributed by atoms with Crippen molar-refractivity contribution >= 4 is 31.6 Å². The van der Waals surface area contributed by atoms with Gasteiger partial charge in [0.05, 0.1) is 16.3 Å². The summed E-state index contributed by atoms with van der Waals surface area (Å²) in [6.45, 7) is 3.70. The molecule has 1 amide bonds. The highest BCUT2D eigenvalue weighted by Crippen LogP contribution is 2.33. The lowest BCUT2D eigenvalue weighted by atomic mass is 10.1. The fourth-order valence-corrected chi connectivity index (χ4v) is 5.31. The number of rotatable bonds is 7. The van der Waals surface area contributed by atoms with Gasteiger partial charge in [-0.15, -0.1) is 0 Å². The molecule has 1 heterocycles. The number of ether oxygens (including phenoxy) is 2. The van der Waals surface area contributed by atoms with Gasteiger partial charge < -0.3 is 14.8 Å². The summed E-state index contributed by atoms with van der Waals surface area (Å²) in [5.74, 6) is 0.171. The summed E-state index contributed by atoms with van der Waals surface area (Å²) < 4.78 is 63.8. The molecule has 180 valence electrons. The van der Waals surface area contributed by atoms with Crippen molar-refractivity contribution in [1.82, 2.24) is 8.61 Å². The van der Waals surface area contributed by atoms with E-state index in [2.05, 4.69) is 5.32 Å². The lowest BCUT2D eigenvalue weighted by Crippen LogP contribution is -2.35. The molecule has 3 rings (SSSR count). The number of sulfonamides is 2. The molecule has 1 aliphatic heterocycles.